The SMILES string of the molecule is Cc1cc(C(F)(F)F)ccc1CN(C)CC(C)(C)CN. The number of alkyl halides is 3. The third-order valence-electron chi connectivity index (χ3n) is 3.36. The van der Waals surface area contributed by atoms with Crippen molar-refractivity contribution in [2.45, 2.75) is 33.5 Å². The Balaban J connectivity index is 2.79. The van der Waals surface area contributed by atoms with E-state index in [9.17, 15) is 13.2 Å². The Morgan fingerprint density at radius 1 is 1.20 bits per heavy atom. The van der Waals surface area contributed by atoms with Gasteiger partial charge in [0.15, 0.2) is 0 Å². The summed E-state index contributed by atoms with van der Waals surface area (Å²) < 4.78 is 37.8. The maximum absolute atomic E-state index is 12.6. The Hall–Kier alpha value is -1.07. The van der Waals surface area contributed by atoms with Crippen LogP contribution in [0.5, 0.6) is 0 Å². The van der Waals surface area contributed by atoms with Crippen LogP contribution < -0.4 is 5.73 Å². The van der Waals surface area contributed by atoms with Crippen LogP contribution in [0.25, 0.3) is 0 Å². The topological polar surface area (TPSA) is 29.3 Å². The van der Waals surface area contributed by atoms with E-state index in [1.807, 2.05) is 7.05 Å². The second-order valence-corrected chi connectivity index (χ2v) is 6.18. The largest absolute Gasteiger partial charge is 0.416 e. The summed E-state index contributed by atoms with van der Waals surface area (Å²) in [4.78, 5) is 2.09. The highest BCUT2D eigenvalue weighted by Gasteiger charge is 2.30. The van der Waals surface area contributed by atoms with E-state index in [4.69, 9.17) is 5.73 Å². The predicted octanol–water partition coefficient (Wildman–Crippen LogP) is 3.43. The number of aryl methyl sites for hydroxylation is 1. The monoisotopic (exact) mass is 288 g/mol. The molecule has 0 bridgehead atoms. The molecule has 0 aliphatic heterocycles. The van der Waals surface area contributed by atoms with Gasteiger partial charge in [-0.15, -0.1) is 0 Å². The van der Waals surface area contributed by atoms with Gasteiger partial charge >= 0.3 is 6.18 Å². The highest BCUT2D eigenvalue weighted by molar-refractivity contribution is 5.32. The molecule has 0 heterocycles. The van der Waals surface area contributed by atoms with Crippen LogP contribution in [0.15, 0.2) is 18.2 Å². The minimum absolute atomic E-state index is 0.00539. The molecule has 1 aromatic carbocycles. The highest BCUT2D eigenvalue weighted by Crippen LogP contribution is 2.30. The smallest absolute Gasteiger partial charge is 0.330 e. The van der Waals surface area contributed by atoms with Crippen LogP contribution in [0.2, 0.25) is 0 Å². The first-order chi connectivity index (χ1) is 9.05. The van der Waals surface area contributed by atoms with Crippen molar-refractivity contribution in [3.05, 3.63) is 34.9 Å². The number of halogens is 3. The van der Waals surface area contributed by atoms with Gasteiger partial charge in [-0.3, -0.25) is 0 Å². The lowest BCUT2D eigenvalue weighted by molar-refractivity contribution is -0.137. The maximum Gasteiger partial charge on any atom is 0.416 e. The summed E-state index contributed by atoms with van der Waals surface area (Å²) >= 11 is 0. The molecule has 2 nitrogen and oxygen atoms in total. The molecule has 114 valence electrons. The summed E-state index contributed by atoms with van der Waals surface area (Å²) in [5.74, 6) is 0. The molecule has 1 rings (SSSR count). The summed E-state index contributed by atoms with van der Waals surface area (Å²) in [6, 6.07) is 3.91. The van der Waals surface area contributed by atoms with E-state index in [1.54, 1.807) is 13.0 Å². The maximum atomic E-state index is 12.6. The van der Waals surface area contributed by atoms with Gasteiger partial charge in [-0.05, 0) is 49.2 Å². The predicted molar refractivity (Wildman–Crippen MR) is 75.4 cm³/mol. The summed E-state index contributed by atoms with van der Waals surface area (Å²) in [5, 5.41) is 0. The summed E-state index contributed by atoms with van der Waals surface area (Å²) in [7, 11) is 1.95. The van der Waals surface area contributed by atoms with Crippen LogP contribution in [-0.2, 0) is 12.7 Å². The molecule has 20 heavy (non-hydrogen) atoms. The third-order valence-corrected chi connectivity index (χ3v) is 3.36. The molecular formula is C15H23F3N2. The molecule has 0 radical (unpaired) electrons. The molecule has 0 saturated heterocycles. The molecule has 0 unspecified atom stereocenters. The van der Waals surface area contributed by atoms with E-state index in [-0.39, 0.29) is 5.41 Å². The fourth-order valence-electron chi connectivity index (χ4n) is 2.19. The lowest BCUT2D eigenvalue weighted by Gasteiger charge is -2.29. The number of benzene rings is 1. The average molecular weight is 288 g/mol. The normalized spacial score (nSPS) is 13.1. The van der Waals surface area contributed by atoms with Crippen LogP contribution in [0, 0.1) is 12.3 Å². The molecule has 0 amide bonds. The Bertz CT molecular complexity index is 453. The van der Waals surface area contributed by atoms with E-state index < -0.39 is 11.7 Å². The molecule has 0 fully saturated rings. The fourth-order valence-corrected chi connectivity index (χ4v) is 2.19. The lowest BCUT2D eigenvalue weighted by Crippen LogP contribution is -2.36. The van der Waals surface area contributed by atoms with Crippen molar-refractivity contribution in [3.8, 4) is 0 Å². The second kappa shape index (κ2) is 6.14. The van der Waals surface area contributed by atoms with Crippen molar-refractivity contribution in [3.63, 3.8) is 0 Å². The third kappa shape index (κ3) is 4.80. The zero-order valence-corrected chi connectivity index (χ0v) is 12.5. The summed E-state index contributed by atoms with van der Waals surface area (Å²) in [6.45, 7) is 7.85. The number of nitrogens with zero attached hydrogens (tertiary/aromatic N) is 1. The zero-order valence-electron chi connectivity index (χ0n) is 12.5. The summed E-state index contributed by atoms with van der Waals surface area (Å²) in [6.07, 6.45) is -4.28. The number of hydrogen-bond donors (Lipinski definition) is 1. The molecular weight excluding hydrogens is 265 g/mol. The fraction of sp³-hybridized carbons (Fsp3) is 0.600. The molecule has 0 aliphatic carbocycles. The van der Waals surface area contributed by atoms with Gasteiger partial charge in [-0.25, -0.2) is 0 Å². The van der Waals surface area contributed by atoms with Crippen LogP contribution in [0.1, 0.15) is 30.5 Å². The van der Waals surface area contributed by atoms with E-state index in [0.29, 0.717) is 18.7 Å². The molecule has 5 heteroatoms. The van der Waals surface area contributed by atoms with Gasteiger partial charge < -0.3 is 10.6 Å². The first kappa shape index (κ1) is 17.0. The molecule has 1 aromatic rings. The molecule has 0 spiro atoms. The Labute approximate surface area is 118 Å². The minimum atomic E-state index is -4.28. The van der Waals surface area contributed by atoms with Crippen LogP contribution in [0.3, 0.4) is 0 Å². The molecule has 0 saturated carbocycles. The molecule has 0 aromatic heterocycles. The minimum Gasteiger partial charge on any atom is -0.330 e. The van der Waals surface area contributed by atoms with Gasteiger partial charge in [0.1, 0.15) is 0 Å². The van der Waals surface area contributed by atoms with E-state index in [2.05, 4.69) is 18.7 Å². The quantitative estimate of drug-likeness (QED) is 0.899. The average Bonchev–Trinajstić information content (AvgIpc) is 2.29. The van der Waals surface area contributed by atoms with E-state index in [0.717, 1.165) is 18.2 Å². The highest BCUT2D eigenvalue weighted by atomic mass is 19.4. The second-order valence-electron chi connectivity index (χ2n) is 6.18. The van der Waals surface area contributed by atoms with Crippen molar-refractivity contribution >= 4 is 0 Å². The van der Waals surface area contributed by atoms with Gasteiger partial charge in [0.2, 0.25) is 0 Å². The Morgan fingerprint density at radius 3 is 2.25 bits per heavy atom. The number of rotatable bonds is 5. The van der Waals surface area contributed by atoms with Crippen LogP contribution in [-0.4, -0.2) is 25.0 Å². The molecule has 2 N–H and O–H groups in total. The van der Waals surface area contributed by atoms with Crippen LogP contribution >= 0.6 is 0 Å². The van der Waals surface area contributed by atoms with Crippen molar-refractivity contribution in [1.82, 2.24) is 4.90 Å². The first-order valence-electron chi connectivity index (χ1n) is 6.60. The Morgan fingerprint density at radius 2 is 1.80 bits per heavy atom. The first-order valence-corrected chi connectivity index (χ1v) is 6.60. The van der Waals surface area contributed by atoms with Crippen molar-refractivity contribution in [2.75, 3.05) is 20.1 Å². The summed E-state index contributed by atoms with van der Waals surface area (Å²) in [5.41, 5.74) is 6.67. The standard InChI is InChI=1S/C15H23F3N2/c1-11-7-13(15(16,17)18)6-5-12(11)8-20(4)10-14(2,3)9-19/h5-7H,8-10,19H2,1-4H3. The zero-order chi connectivity index (χ0) is 15.6. The van der Waals surface area contributed by atoms with Crippen molar-refractivity contribution in [2.24, 2.45) is 11.1 Å². The number of hydrogen-bond acceptors (Lipinski definition) is 2. The van der Waals surface area contributed by atoms with Crippen molar-refractivity contribution in [1.29, 1.82) is 0 Å². The lowest BCUT2D eigenvalue weighted by atomic mass is 9.93. The Kier molecular flexibility index (Phi) is 5.21. The van der Waals surface area contributed by atoms with Gasteiger partial charge in [0.25, 0.3) is 0 Å². The molecule has 0 atom stereocenters. The van der Waals surface area contributed by atoms with E-state index in [1.165, 1.54) is 6.07 Å². The van der Waals surface area contributed by atoms with Crippen molar-refractivity contribution < 1.29 is 13.2 Å². The van der Waals surface area contributed by atoms with Gasteiger partial charge in [-0.1, -0.05) is 19.9 Å². The van der Waals surface area contributed by atoms with Gasteiger partial charge in [0, 0.05) is 13.1 Å². The van der Waals surface area contributed by atoms with Crippen LogP contribution in [0.4, 0.5) is 13.2 Å². The van der Waals surface area contributed by atoms with Gasteiger partial charge in [0.05, 0.1) is 5.56 Å². The molecule has 0 aliphatic rings. The van der Waals surface area contributed by atoms with E-state index >= 15 is 0 Å². The number of nitrogens with two attached hydrogens (primary N) is 1. The van der Waals surface area contributed by atoms with Gasteiger partial charge in [-0.2, -0.15) is 13.2 Å².